The average Bonchev–Trinajstić information content (AvgIpc) is 2.62. The van der Waals surface area contributed by atoms with E-state index in [9.17, 15) is 9.59 Å². The molecule has 0 aliphatic rings. The third-order valence-corrected chi connectivity index (χ3v) is 3.64. The Kier molecular flexibility index (Phi) is 6.25. The van der Waals surface area contributed by atoms with E-state index >= 15 is 0 Å². The zero-order valence-electron chi connectivity index (χ0n) is 14.0. The molecule has 0 heterocycles. The molecule has 2 aromatic rings. The number of methoxy groups -OCH3 is 2. The molecular formula is C18H18ClNO5. The minimum Gasteiger partial charge on any atom is -0.493 e. The van der Waals surface area contributed by atoms with Crippen LogP contribution in [0.2, 0.25) is 5.02 Å². The summed E-state index contributed by atoms with van der Waals surface area (Å²) in [7, 11) is 2.89. The van der Waals surface area contributed by atoms with Gasteiger partial charge in [0.05, 0.1) is 14.2 Å². The standard InChI is InChI=1S/C18H18ClNO5/c1-11(17(21)20-13-9-7-12(19)8-10-13)25-18(22)14-5-4-6-15(23-2)16(14)24-3/h4-11H,1-3H3,(H,20,21). The Morgan fingerprint density at radius 2 is 1.72 bits per heavy atom. The number of benzene rings is 2. The Balaban J connectivity index is 2.07. The van der Waals surface area contributed by atoms with Crippen LogP contribution in [0.3, 0.4) is 0 Å². The van der Waals surface area contributed by atoms with Crippen molar-refractivity contribution in [1.29, 1.82) is 0 Å². The van der Waals surface area contributed by atoms with Crippen LogP contribution in [0.25, 0.3) is 0 Å². The highest BCUT2D eigenvalue weighted by molar-refractivity contribution is 6.30. The van der Waals surface area contributed by atoms with Gasteiger partial charge in [-0.15, -0.1) is 0 Å². The van der Waals surface area contributed by atoms with E-state index in [2.05, 4.69) is 5.32 Å². The lowest BCUT2D eigenvalue weighted by atomic mass is 10.2. The molecule has 0 saturated heterocycles. The van der Waals surface area contributed by atoms with Crippen LogP contribution in [-0.2, 0) is 9.53 Å². The summed E-state index contributed by atoms with van der Waals surface area (Å²) in [5.41, 5.74) is 0.726. The quantitative estimate of drug-likeness (QED) is 0.794. The first-order chi connectivity index (χ1) is 12.0. The SMILES string of the molecule is COc1cccc(C(=O)OC(C)C(=O)Nc2ccc(Cl)cc2)c1OC. The molecule has 25 heavy (non-hydrogen) atoms. The summed E-state index contributed by atoms with van der Waals surface area (Å²) in [5, 5.41) is 3.20. The zero-order valence-corrected chi connectivity index (χ0v) is 14.8. The third-order valence-electron chi connectivity index (χ3n) is 3.39. The summed E-state index contributed by atoms with van der Waals surface area (Å²) >= 11 is 5.80. The van der Waals surface area contributed by atoms with Gasteiger partial charge in [-0.25, -0.2) is 4.79 Å². The van der Waals surface area contributed by atoms with E-state index in [4.69, 9.17) is 25.8 Å². The normalized spacial score (nSPS) is 11.4. The largest absolute Gasteiger partial charge is 0.493 e. The van der Waals surface area contributed by atoms with Crippen molar-refractivity contribution < 1.29 is 23.8 Å². The van der Waals surface area contributed by atoms with Crippen LogP contribution in [0, 0.1) is 0 Å². The van der Waals surface area contributed by atoms with E-state index in [1.165, 1.54) is 27.2 Å². The van der Waals surface area contributed by atoms with Gasteiger partial charge in [-0.1, -0.05) is 17.7 Å². The lowest BCUT2D eigenvalue weighted by Crippen LogP contribution is -2.30. The Morgan fingerprint density at radius 1 is 1.04 bits per heavy atom. The number of hydrogen-bond donors (Lipinski definition) is 1. The zero-order chi connectivity index (χ0) is 18.4. The second-order valence-corrected chi connectivity index (χ2v) is 5.52. The number of rotatable bonds is 6. The van der Waals surface area contributed by atoms with Gasteiger partial charge in [0.2, 0.25) is 0 Å². The van der Waals surface area contributed by atoms with Gasteiger partial charge in [-0.3, -0.25) is 4.79 Å². The molecule has 1 amide bonds. The summed E-state index contributed by atoms with van der Waals surface area (Å²) in [4.78, 5) is 24.5. The Bertz CT molecular complexity index is 761. The predicted molar refractivity (Wildman–Crippen MR) is 94.5 cm³/mol. The molecule has 6 nitrogen and oxygen atoms in total. The fourth-order valence-electron chi connectivity index (χ4n) is 2.10. The number of anilines is 1. The molecule has 0 aromatic heterocycles. The lowest BCUT2D eigenvalue weighted by molar-refractivity contribution is -0.123. The molecular weight excluding hydrogens is 346 g/mol. The van der Waals surface area contributed by atoms with Gasteiger partial charge in [0.25, 0.3) is 5.91 Å². The van der Waals surface area contributed by atoms with E-state index in [0.717, 1.165) is 0 Å². The number of para-hydroxylation sites is 1. The molecule has 0 aliphatic carbocycles. The average molecular weight is 364 g/mol. The monoisotopic (exact) mass is 363 g/mol. The van der Waals surface area contributed by atoms with Crippen molar-refractivity contribution in [2.24, 2.45) is 0 Å². The second-order valence-electron chi connectivity index (χ2n) is 5.08. The van der Waals surface area contributed by atoms with Crippen molar-refractivity contribution in [3.63, 3.8) is 0 Å². The molecule has 0 spiro atoms. The van der Waals surface area contributed by atoms with Crippen LogP contribution in [0.4, 0.5) is 5.69 Å². The number of esters is 1. The van der Waals surface area contributed by atoms with Gasteiger partial charge >= 0.3 is 5.97 Å². The Morgan fingerprint density at radius 3 is 2.32 bits per heavy atom. The van der Waals surface area contributed by atoms with E-state index in [0.29, 0.717) is 16.5 Å². The number of carbonyl (C=O) groups is 2. The van der Waals surface area contributed by atoms with E-state index in [1.807, 2.05) is 0 Å². The highest BCUT2D eigenvalue weighted by atomic mass is 35.5. The minimum atomic E-state index is -1.00. The van der Waals surface area contributed by atoms with Crippen LogP contribution < -0.4 is 14.8 Å². The molecule has 1 N–H and O–H groups in total. The van der Waals surface area contributed by atoms with Gasteiger partial charge in [0.15, 0.2) is 17.6 Å². The lowest BCUT2D eigenvalue weighted by Gasteiger charge is -2.16. The Labute approximate surface area is 150 Å². The smallest absolute Gasteiger partial charge is 0.342 e. The molecule has 0 bridgehead atoms. The van der Waals surface area contributed by atoms with Gasteiger partial charge in [0, 0.05) is 10.7 Å². The number of ether oxygens (including phenoxy) is 3. The maximum Gasteiger partial charge on any atom is 0.342 e. The predicted octanol–water partition coefficient (Wildman–Crippen LogP) is 3.54. The van der Waals surface area contributed by atoms with Crippen LogP contribution in [0.5, 0.6) is 11.5 Å². The second kappa shape index (κ2) is 8.39. The molecule has 0 saturated carbocycles. The topological polar surface area (TPSA) is 73.9 Å². The maximum atomic E-state index is 12.3. The highest BCUT2D eigenvalue weighted by Gasteiger charge is 2.23. The summed E-state index contributed by atoms with van der Waals surface area (Å²) in [6.07, 6.45) is -1.00. The fraction of sp³-hybridized carbons (Fsp3) is 0.222. The van der Waals surface area contributed by atoms with Crippen LogP contribution in [-0.4, -0.2) is 32.2 Å². The molecule has 0 aliphatic heterocycles. The van der Waals surface area contributed by atoms with Gasteiger partial charge in [-0.05, 0) is 43.3 Å². The fourth-order valence-corrected chi connectivity index (χ4v) is 2.23. The number of hydrogen-bond acceptors (Lipinski definition) is 5. The van der Waals surface area contributed by atoms with Crippen LogP contribution in [0.15, 0.2) is 42.5 Å². The van der Waals surface area contributed by atoms with Gasteiger partial charge in [-0.2, -0.15) is 0 Å². The van der Waals surface area contributed by atoms with Crippen LogP contribution in [0.1, 0.15) is 17.3 Å². The molecule has 132 valence electrons. The van der Waals surface area contributed by atoms with E-state index in [-0.39, 0.29) is 11.3 Å². The molecule has 0 radical (unpaired) electrons. The van der Waals surface area contributed by atoms with Crippen molar-refractivity contribution in [1.82, 2.24) is 0 Å². The first kappa shape index (κ1) is 18.6. The van der Waals surface area contributed by atoms with Crippen molar-refractivity contribution >= 4 is 29.2 Å². The van der Waals surface area contributed by atoms with Crippen molar-refractivity contribution in [2.75, 3.05) is 19.5 Å². The van der Waals surface area contributed by atoms with Crippen molar-refractivity contribution in [2.45, 2.75) is 13.0 Å². The van der Waals surface area contributed by atoms with Gasteiger partial charge in [0.1, 0.15) is 5.56 Å². The summed E-state index contributed by atoms with van der Waals surface area (Å²) in [6.45, 7) is 1.48. The Hall–Kier alpha value is -2.73. The molecule has 2 rings (SSSR count). The number of halogens is 1. The molecule has 7 heteroatoms. The first-order valence-electron chi connectivity index (χ1n) is 7.44. The number of nitrogens with one attached hydrogen (secondary N) is 1. The summed E-state index contributed by atoms with van der Waals surface area (Å²) in [6, 6.07) is 11.4. The third kappa shape index (κ3) is 4.64. The first-order valence-corrected chi connectivity index (χ1v) is 7.82. The molecule has 1 atom stereocenters. The minimum absolute atomic E-state index is 0.174. The van der Waals surface area contributed by atoms with Crippen molar-refractivity contribution in [3.8, 4) is 11.5 Å². The molecule has 2 aromatic carbocycles. The summed E-state index contributed by atoms with van der Waals surface area (Å²) < 4.78 is 15.6. The van der Waals surface area contributed by atoms with E-state index in [1.54, 1.807) is 36.4 Å². The van der Waals surface area contributed by atoms with Crippen molar-refractivity contribution in [3.05, 3.63) is 53.1 Å². The molecule has 0 fully saturated rings. The maximum absolute atomic E-state index is 12.3. The highest BCUT2D eigenvalue weighted by Crippen LogP contribution is 2.31. The van der Waals surface area contributed by atoms with E-state index < -0.39 is 18.0 Å². The molecule has 1 unspecified atom stereocenters. The number of amides is 1. The summed E-state index contributed by atoms with van der Waals surface area (Å²) in [5.74, 6) is -0.498. The van der Waals surface area contributed by atoms with Gasteiger partial charge < -0.3 is 19.5 Å². The van der Waals surface area contributed by atoms with Crippen LogP contribution >= 0.6 is 11.6 Å². The number of carbonyl (C=O) groups excluding carboxylic acids is 2.